The molecule has 1 aromatic rings. The topological polar surface area (TPSA) is 71.3 Å². The van der Waals surface area contributed by atoms with E-state index in [1.54, 1.807) is 20.9 Å². The molecule has 114 valence electrons. The smallest absolute Gasteiger partial charge is 0.244 e. The first-order valence-electron chi connectivity index (χ1n) is 7.12. The molecule has 1 fully saturated rings. The van der Waals surface area contributed by atoms with Crippen molar-refractivity contribution in [3.63, 3.8) is 0 Å². The first kappa shape index (κ1) is 15.5. The van der Waals surface area contributed by atoms with Crippen LogP contribution in [0.15, 0.2) is 9.31 Å². The van der Waals surface area contributed by atoms with Crippen molar-refractivity contribution in [2.24, 2.45) is 5.92 Å². The monoisotopic (exact) mass is 300 g/mol. The summed E-state index contributed by atoms with van der Waals surface area (Å²) >= 11 is 0. The molecule has 0 aromatic carbocycles. The molecule has 2 N–H and O–H groups in total. The highest BCUT2D eigenvalue weighted by molar-refractivity contribution is 7.89. The minimum absolute atomic E-state index is 0.0389. The van der Waals surface area contributed by atoms with Gasteiger partial charge in [0.15, 0.2) is 0 Å². The number of furan rings is 1. The second-order valence-corrected chi connectivity index (χ2v) is 7.34. The highest BCUT2D eigenvalue weighted by Crippen LogP contribution is 2.30. The zero-order valence-corrected chi connectivity index (χ0v) is 13.4. The Labute approximate surface area is 121 Å². The Kier molecular flexibility index (Phi) is 4.56. The van der Waals surface area contributed by atoms with E-state index in [4.69, 9.17) is 4.42 Å². The lowest BCUT2D eigenvalue weighted by molar-refractivity contribution is 0.472. The van der Waals surface area contributed by atoms with Crippen molar-refractivity contribution < 1.29 is 12.8 Å². The van der Waals surface area contributed by atoms with Crippen LogP contribution in [0.2, 0.25) is 0 Å². The second kappa shape index (κ2) is 5.87. The third-order valence-electron chi connectivity index (χ3n) is 4.12. The average Bonchev–Trinajstić information content (AvgIpc) is 2.85. The summed E-state index contributed by atoms with van der Waals surface area (Å²) in [6, 6.07) is 0.0389. The van der Waals surface area contributed by atoms with Crippen molar-refractivity contribution in [1.29, 1.82) is 0 Å². The van der Waals surface area contributed by atoms with E-state index in [9.17, 15) is 8.42 Å². The maximum Gasteiger partial charge on any atom is 0.244 e. The maximum atomic E-state index is 12.7. The fraction of sp³-hybridized carbons (Fsp3) is 0.714. The number of nitrogens with one attached hydrogen (secondary N) is 2. The van der Waals surface area contributed by atoms with Crippen molar-refractivity contribution in [2.75, 3.05) is 7.05 Å². The molecule has 2 unspecified atom stereocenters. The molecule has 1 heterocycles. The van der Waals surface area contributed by atoms with Gasteiger partial charge in [0.05, 0.1) is 0 Å². The Morgan fingerprint density at radius 1 is 1.25 bits per heavy atom. The Morgan fingerprint density at radius 2 is 1.95 bits per heavy atom. The molecule has 1 aromatic heterocycles. The van der Waals surface area contributed by atoms with Gasteiger partial charge in [-0.15, -0.1) is 0 Å². The van der Waals surface area contributed by atoms with Crippen LogP contribution in [0.4, 0.5) is 0 Å². The minimum Gasteiger partial charge on any atom is -0.465 e. The first-order chi connectivity index (χ1) is 9.36. The summed E-state index contributed by atoms with van der Waals surface area (Å²) in [5.41, 5.74) is 0.725. The highest BCUT2D eigenvalue weighted by Gasteiger charge is 2.32. The molecule has 20 heavy (non-hydrogen) atoms. The van der Waals surface area contributed by atoms with Crippen molar-refractivity contribution in [3.8, 4) is 0 Å². The van der Waals surface area contributed by atoms with Crippen LogP contribution >= 0.6 is 0 Å². The van der Waals surface area contributed by atoms with E-state index < -0.39 is 10.0 Å². The summed E-state index contributed by atoms with van der Waals surface area (Å²) in [4.78, 5) is 0.309. The van der Waals surface area contributed by atoms with Gasteiger partial charge in [-0.05, 0) is 39.7 Å². The number of rotatable bonds is 5. The number of aryl methyl sites for hydroxylation is 2. The lowest BCUT2D eigenvalue weighted by atomic mass is 10.1. The van der Waals surface area contributed by atoms with Crippen LogP contribution in [0.3, 0.4) is 0 Å². The van der Waals surface area contributed by atoms with E-state index in [-0.39, 0.29) is 6.04 Å². The van der Waals surface area contributed by atoms with Gasteiger partial charge in [-0.2, -0.15) is 0 Å². The molecule has 6 heteroatoms. The zero-order chi connectivity index (χ0) is 14.9. The molecular formula is C14H24N2O3S. The molecule has 0 bridgehead atoms. The predicted molar refractivity (Wildman–Crippen MR) is 78.1 cm³/mol. The molecule has 0 amide bonds. The molecule has 1 saturated carbocycles. The van der Waals surface area contributed by atoms with Crippen molar-refractivity contribution in [3.05, 3.63) is 17.1 Å². The maximum absolute atomic E-state index is 12.7. The largest absolute Gasteiger partial charge is 0.465 e. The van der Waals surface area contributed by atoms with Gasteiger partial charge in [0.1, 0.15) is 16.4 Å². The Morgan fingerprint density at radius 3 is 2.50 bits per heavy atom. The van der Waals surface area contributed by atoms with Gasteiger partial charge >= 0.3 is 0 Å². The average molecular weight is 300 g/mol. The SMILES string of the molecule is CNCc1c(C)oc(C)c1S(=O)(=O)NC1CCCC1C. The van der Waals surface area contributed by atoms with Gasteiger partial charge in [-0.3, -0.25) is 0 Å². The van der Waals surface area contributed by atoms with E-state index in [2.05, 4.69) is 17.0 Å². The van der Waals surface area contributed by atoms with Crippen molar-refractivity contribution in [2.45, 2.75) is 57.5 Å². The quantitative estimate of drug-likeness (QED) is 0.873. The van der Waals surface area contributed by atoms with Crippen LogP contribution in [0.5, 0.6) is 0 Å². The fourth-order valence-electron chi connectivity index (χ4n) is 3.02. The minimum atomic E-state index is -3.52. The molecular weight excluding hydrogens is 276 g/mol. The number of hydrogen-bond acceptors (Lipinski definition) is 4. The van der Waals surface area contributed by atoms with Gasteiger partial charge < -0.3 is 9.73 Å². The van der Waals surface area contributed by atoms with Gasteiger partial charge in [0.25, 0.3) is 0 Å². The Bertz CT molecular complexity index is 577. The van der Waals surface area contributed by atoms with Crippen LogP contribution < -0.4 is 10.0 Å². The summed E-state index contributed by atoms with van der Waals surface area (Å²) in [5.74, 6) is 1.52. The van der Waals surface area contributed by atoms with Gasteiger partial charge in [0, 0.05) is 18.2 Å². The van der Waals surface area contributed by atoms with Crippen LogP contribution in [0.25, 0.3) is 0 Å². The summed E-state index contributed by atoms with van der Waals surface area (Å²) < 4.78 is 33.7. The van der Waals surface area contributed by atoms with E-state index in [1.807, 2.05) is 0 Å². The first-order valence-corrected chi connectivity index (χ1v) is 8.61. The summed E-state index contributed by atoms with van der Waals surface area (Å²) in [6.07, 6.45) is 3.08. The Hall–Kier alpha value is -0.850. The lowest BCUT2D eigenvalue weighted by Crippen LogP contribution is -2.37. The predicted octanol–water partition coefficient (Wildman–Crippen LogP) is 2.08. The van der Waals surface area contributed by atoms with Crippen LogP contribution in [0, 0.1) is 19.8 Å². The Balaban J connectivity index is 2.33. The summed E-state index contributed by atoms with van der Waals surface area (Å²) in [6.45, 7) is 6.09. The van der Waals surface area contributed by atoms with Gasteiger partial charge in [-0.25, -0.2) is 13.1 Å². The summed E-state index contributed by atoms with van der Waals surface area (Å²) in [7, 11) is -1.73. The number of sulfonamides is 1. The highest BCUT2D eigenvalue weighted by atomic mass is 32.2. The van der Waals surface area contributed by atoms with Crippen LogP contribution in [-0.4, -0.2) is 21.5 Å². The molecule has 2 atom stereocenters. The second-order valence-electron chi connectivity index (χ2n) is 5.69. The molecule has 1 aliphatic rings. The van der Waals surface area contributed by atoms with Gasteiger partial charge in [-0.1, -0.05) is 13.3 Å². The van der Waals surface area contributed by atoms with Crippen LogP contribution in [0.1, 0.15) is 43.3 Å². The van der Waals surface area contributed by atoms with Gasteiger partial charge in [0.2, 0.25) is 10.0 Å². The molecule has 0 spiro atoms. The fourth-order valence-corrected chi connectivity index (χ4v) is 4.85. The standard InChI is InChI=1S/C14H24N2O3S/c1-9-6-5-7-13(9)16-20(17,18)14-11(3)19-10(2)12(14)8-15-4/h9,13,15-16H,5-8H2,1-4H3. The molecule has 1 aliphatic carbocycles. The van der Waals surface area contributed by atoms with E-state index >= 15 is 0 Å². The van der Waals surface area contributed by atoms with Crippen molar-refractivity contribution in [1.82, 2.24) is 10.0 Å². The third-order valence-corrected chi connectivity index (χ3v) is 5.80. The zero-order valence-electron chi connectivity index (χ0n) is 12.6. The van der Waals surface area contributed by atoms with E-state index in [0.29, 0.717) is 28.9 Å². The van der Waals surface area contributed by atoms with E-state index in [1.165, 1.54) is 0 Å². The lowest BCUT2D eigenvalue weighted by Gasteiger charge is -2.17. The van der Waals surface area contributed by atoms with Crippen LogP contribution in [-0.2, 0) is 16.6 Å². The molecule has 0 saturated heterocycles. The summed E-state index contributed by atoms with van der Waals surface area (Å²) in [5, 5.41) is 3.00. The van der Waals surface area contributed by atoms with E-state index in [0.717, 1.165) is 24.8 Å². The van der Waals surface area contributed by atoms with Crippen molar-refractivity contribution >= 4 is 10.0 Å². The third kappa shape index (κ3) is 2.92. The normalized spacial score (nSPS) is 23.4. The molecule has 5 nitrogen and oxygen atoms in total. The number of hydrogen-bond donors (Lipinski definition) is 2. The molecule has 0 radical (unpaired) electrons. The molecule has 0 aliphatic heterocycles. The molecule has 2 rings (SSSR count).